The molecule has 8 nitrogen and oxygen atoms in total. The average molecular weight is 335 g/mol. The predicted octanol–water partition coefficient (Wildman–Crippen LogP) is 0.907. The molecule has 0 aromatic carbocycles. The second-order valence-corrected chi connectivity index (χ2v) is 6.31. The van der Waals surface area contributed by atoms with Crippen molar-refractivity contribution in [3.8, 4) is 0 Å². The van der Waals surface area contributed by atoms with Crippen molar-refractivity contribution in [2.75, 3.05) is 18.0 Å². The summed E-state index contributed by atoms with van der Waals surface area (Å²) in [4.78, 5) is 28.5. The van der Waals surface area contributed by atoms with Gasteiger partial charge >= 0.3 is 5.97 Å². The topological polar surface area (TPSA) is 114 Å². The van der Waals surface area contributed by atoms with Crippen LogP contribution in [0.1, 0.15) is 34.9 Å². The van der Waals surface area contributed by atoms with Gasteiger partial charge in [-0.3, -0.25) is 14.3 Å². The first kappa shape index (κ1) is 15.5. The van der Waals surface area contributed by atoms with Crippen molar-refractivity contribution in [1.82, 2.24) is 14.8 Å². The van der Waals surface area contributed by atoms with Crippen molar-refractivity contribution < 1.29 is 14.7 Å². The van der Waals surface area contributed by atoms with Crippen molar-refractivity contribution >= 4 is 28.3 Å². The molecule has 2 aromatic heterocycles. The number of primary amides is 1. The van der Waals surface area contributed by atoms with E-state index in [9.17, 15) is 9.59 Å². The van der Waals surface area contributed by atoms with Crippen LogP contribution < -0.4 is 10.6 Å². The van der Waals surface area contributed by atoms with Crippen LogP contribution in [-0.4, -0.2) is 44.8 Å². The molecule has 0 aliphatic carbocycles. The van der Waals surface area contributed by atoms with Gasteiger partial charge in [0.2, 0.25) is 0 Å². The van der Waals surface area contributed by atoms with Crippen LogP contribution in [0.3, 0.4) is 0 Å². The van der Waals surface area contributed by atoms with Crippen LogP contribution >= 0.6 is 11.3 Å². The molecule has 3 rings (SSSR count). The Morgan fingerprint density at radius 3 is 3.00 bits per heavy atom. The summed E-state index contributed by atoms with van der Waals surface area (Å²) < 4.78 is 1.53. The van der Waals surface area contributed by atoms with E-state index in [0.717, 1.165) is 36.8 Å². The minimum absolute atomic E-state index is 0.137. The van der Waals surface area contributed by atoms with Gasteiger partial charge in [-0.05, 0) is 18.9 Å². The minimum atomic E-state index is -0.909. The summed E-state index contributed by atoms with van der Waals surface area (Å²) in [6, 6.07) is 1.87. The number of nitrogens with zero attached hydrogens (tertiary/aromatic N) is 4. The van der Waals surface area contributed by atoms with Crippen molar-refractivity contribution in [2.24, 2.45) is 5.73 Å². The van der Waals surface area contributed by atoms with Crippen molar-refractivity contribution in [3.63, 3.8) is 0 Å². The number of carbonyl (C=O) groups excluding carboxylic acids is 1. The van der Waals surface area contributed by atoms with E-state index in [1.807, 2.05) is 6.07 Å². The van der Waals surface area contributed by atoms with Gasteiger partial charge in [0.05, 0.1) is 0 Å². The van der Waals surface area contributed by atoms with E-state index >= 15 is 0 Å². The van der Waals surface area contributed by atoms with E-state index < -0.39 is 11.9 Å². The fraction of sp³-hybridized carbons (Fsp3) is 0.429. The van der Waals surface area contributed by atoms with Gasteiger partial charge < -0.3 is 15.7 Å². The molecule has 2 aromatic rings. The van der Waals surface area contributed by atoms with Crippen LogP contribution in [0.2, 0.25) is 0 Å². The monoisotopic (exact) mass is 335 g/mol. The number of thiazole rings is 1. The maximum atomic E-state index is 11.2. The zero-order chi connectivity index (χ0) is 16.4. The molecule has 1 unspecified atom stereocenters. The summed E-state index contributed by atoms with van der Waals surface area (Å²) in [6.45, 7) is 1.44. The fourth-order valence-electron chi connectivity index (χ4n) is 2.86. The lowest BCUT2D eigenvalue weighted by molar-refractivity contribution is -0.137. The highest BCUT2D eigenvalue weighted by Gasteiger charge is 2.26. The van der Waals surface area contributed by atoms with Crippen molar-refractivity contribution in [1.29, 1.82) is 0 Å². The van der Waals surface area contributed by atoms with Gasteiger partial charge in [-0.2, -0.15) is 5.10 Å². The molecule has 0 spiro atoms. The molecule has 1 aliphatic rings. The molecule has 23 heavy (non-hydrogen) atoms. The third-order valence-electron chi connectivity index (χ3n) is 3.89. The van der Waals surface area contributed by atoms with Crippen LogP contribution in [0.25, 0.3) is 0 Å². The maximum Gasteiger partial charge on any atom is 0.325 e. The lowest BCUT2D eigenvalue weighted by Crippen LogP contribution is -2.35. The lowest BCUT2D eigenvalue weighted by atomic mass is 9.95. The zero-order valence-electron chi connectivity index (χ0n) is 12.4. The summed E-state index contributed by atoms with van der Waals surface area (Å²) in [5.74, 6) is -1.25. The van der Waals surface area contributed by atoms with Gasteiger partial charge in [0.25, 0.3) is 5.91 Å². The number of anilines is 1. The molecule has 1 fully saturated rings. The van der Waals surface area contributed by atoms with E-state index in [4.69, 9.17) is 10.8 Å². The highest BCUT2D eigenvalue weighted by Crippen LogP contribution is 2.31. The van der Waals surface area contributed by atoms with Gasteiger partial charge in [-0.1, -0.05) is 0 Å². The number of aliphatic carboxylic acids is 1. The normalized spacial score (nSPS) is 18.1. The highest BCUT2D eigenvalue weighted by atomic mass is 32.1. The summed E-state index contributed by atoms with van der Waals surface area (Å²) in [5, 5.41) is 15.5. The first-order valence-electron chi connectivity index (χ1n) is 7.28. The van der Waals surface area contributed by atoms with Crippen molar-refractivity contribution in [3.05, 3.63) is 29.0 Å². The number of rotatable bonds is 5. The number of aromatic nitrogens is 3. The first-order chi connectivity index (χ1) is 11.0. The van der Waals surface area contributed by atoms with Crippen LogP contribution in [0.5, 0.6) is 0 Å². The lowest BCUT2D eigenvalue weighted by Gasteiger charge is -2.32. The van der Waals surface area contributed by atoms with Crippen LogP contribution in [-0.2, 0) is 11.3 Å². The molecule has 0 radical (unpaired) electrons. The molecular weight excluding hydrogens is 318 g/mol. The molecule has 0 bridgehead atoms. The number of carboxylic acids is 1. The summed E-state index contributed by atoms with van der Waals surface area (Å²) in [7, 11) is 0. The number of nitrogens with two attached hydrogens (primary N) is 1. The number of carboxylic acid groups (broad SMARTS) is 1. The van der Waals surface area contributed by atoms with E-state index in [1.165, 1.54) is 16.0 Å². The fourth-order valence-corrected chi connectivity index (χ4v) is 3.72. The van der Waals surface area contributed by atoms with Crippen LogP contribution in [0.15, 0.2) is 17.6 Å². The number of piperidine rings is 1. The Hall–Kier alpha value is -2.42. The Morgan fingerprint density at radius 2 is 2.30 bits per heavy atom. The molecule has 3 heterocycles. The molecule has 1 atom stereocenters. The Kier molecular flexibility index (Phi) is 4.28. The van der Waals surface area contributed by atoms with E-state index in [-0.39, 0.29) is 18.2 Å². The van der Waals surface area contributed by atoms with E-state index in [0.29, 0.717) is 0 Å². The summed E-state index contributed by atoms with van der Waals surface area (Å²) in [6.07, 6.45) is 3.57. The Morgan fingerprint density at radius 1 is 1.48 bits per heavy atom. The maximum absolute atomic E-state index is 11.2. The number of amides is 1. The minimum Gasteiger partial charge on any atom is -0.480 e. The quantitative estimate of drug-likeness (QED) is 0.839. The van der Waals surface area contributed by atoms with Gasteiger partial charge in [0, 0.05) is 36.3 Å². The SMILES string of the molecule is NC(=O)c1csc(N2CCCC(c3ccnn3CC(=O)O)C2)n1. The third kappa shape index (κ3) is 3.34. The summed E-state index contributed by atoms with van der Waals surface area (Å²) >= 11 is 1.40. The smallest absolute Gasteiger partial charge is 0.325 e. The molecule has 122 valence electrons. The molecule has 9 heteroatoms. The molecular formula is C14H17N5O3S. The van der Waals surface area contributed by atoms with Crippen molar-refractivity contribution in [2.45, 2.75) is 25.3 Å². The number of hydrogen-bond acceptors (Lipinski definition) is 6. The first-order valence-corrected chi connectivity index (χ1v) is 8.16. The third-order valence-corrected chi connectivity index (χ3v) is 4.79. The molecule has 1 amide bonds. The highest BCUT2D eigenvalue weighted by molar-refractivity contribution is 7.13. The van der Waals surface area contributed by atoms with Gasteiger partial charge in [0.1, 0.15) is 12.2 Å². The standard InChI is InChI=1S/C14H17N5O3S/c15-13(22)10-8-23-14(17-10)18-5-1-2-9(6-18)11-3-4-16-19(11)7-12(20)21/h3-4,8-9H,1-2,5-7H2,(H2,15,22)(H,20,21). The zero-order valence-corrected chi connectivity index (χ0v) is 13.2. The Balaban J connectivity index is 1.76. The Bertz CT molecular complexity index is 726. The van der Waals surface area contributed by atoms with E-state index in [2.05, 4.69) is 15.0 Å². The number of carbonyl (C=O) groups is 2. The van der Waals surface area contributed by atoms with Gasteiger partial charge in [-0.15, -0.1) is 11.3 Å². The van der Waals surface area contributed by atoms with Crippen LogP contribution in [0, 0.1) is 0 Å². The second kappa shape index (κ2) is 6.37. The second-order valence-electron chi connectivity index (χ2n) is 5.47. The molecule has 3 N–H and O–H groups in total. The summed E-state index contributed by atoms with van der Waals surface area (Å²) in [5.41, 5.74) is 6.45. The van der Waals surface area contributed by atoms with Gasteiger partial charge in [-0.25, -0.2) is 4.98 Å². The molecule has 1 saturated heterocycles. The number of hydrogen-bond donors (Lipinski definition) is 2. The predicted molar refractivity (Wildman–Crippen MR) is 84.7 cm³/mol. The Labute approximate surface area is 136 Å². The van der Waals surface area contributed by atoms with Gasteiger partial charge in [0.15, 0.2) is 5.13 Å². The average Bonchev–Trinajstić information content (AvgIpc) is 3.15. The molecule has 1 aliphatic heterocycles. The van der Waals surface area contributed by atoms with E-state index in [1.54, 1.807) is 11.6 Å². The largest absolute Gasteiger partial charge is 0.480 e. The molecule has 0 saturated carbocycles. The van der Waals surface area contributed by atoms with Crippen LogP contribution in [0.4, 0.5) is 5.13 Å².